The Morgan fingerprint density at radius 1 is 0.588 bits per heavy atom. The Morgan fingerprint density at radius 3 is 1.09 bits per heavy atom. The van der Waals surface area contributed by atoms with Gasteiger partial charge in [0.25, 0.3) is 0 Å². The van der Waals surface area contributed by atoms with E-state index in [4.69, 9.17) is 99.2 Å². The van der Waals surface area contributed by atoms with Gasteiger partial charge in [0.2, 0.25) is 0 Å². The van der Waals surface area contributed by atoms with Gasteiger partial charge in [-0.1, -0.05) is 69.6 Å². The van der Waals surface area contributed by atoms with E-state index in [-0.39, 0.29) is 12.4 Å². The molecule has 34 heavy (non-hydrogen) atoms. The standard InChI is InChI=1S/C15H12N3O6Si.2CHCl3.ClH/c1-4-10-16-13(7-1)19-25(22-16,20-14-8-2-5-11-17(14)23-25)21-15-9-3-6-12-18(15)24-25;2*2-1(3)4;/h1-12H;2*1H;1H/q+1;;;/p-1/i;2*1D;. The van der Waals surface area contributed by atoms with E-state index in [1.165, 1.54) is 14.2 Å². The number of alkyl halides is 6. The molecule has 0 amide bonds. The minimum absolute atomic E-state index is 0. The molecule has 186 valence electrons. The van der Waals surface area contributed by atoms with Crippen molar-refractivity contribution in [1.82, 2.24) is 0 Å². The number of pyridine rings is 3. The number of halogens is 7. The summed E-state index contributed by atoms with van der Waals surface area (Å²) in [5.74, 6) is 0.983. The van der Waals surface area contributed by atoms with Crippen LogP contribution in [-0.2, 0) is 0 Å². The van der Waals surface area contributed by atoms with Crippen molar-refractivity contribution in [2.45, 2.75) is 8.54 Å². The van der Waals surface area contributed by atoms with Crippen LogP contribution in [0.1, 0.15) is 2.74 Å². The molecule has 0 aromatic carbocycles. The molecule has 6 heterocycles. The van der Waals surface area contributed by atoms with Crippen LogP contribution in [0.25, 0.3) is 0 Å². The molecule has 0 saturated carbocycles. The van der Waals surface area contributed by atoms with Gasteiger partial charge in [0.05, 0.1) is 2.74 Å². The molecule has 3 aliphatic rings. The fraction of sp³-hybridized carbons (Fsp3) is 0.118. The maximum absolute atomic E-state index is 6.23. The molecule has 0 atom stereocenters. The van der Waals surface area contributed by atoms with Gasteiger partial charge in [-0.25, -0.2) is 0 Å². The van der Waals surface area contributed by atoms with Gasteiger partial charge in [0.1, 0.15) is 0 Å². The van der Waals surface area contributed by atoms with Crippen molar-refractivity contribution >= 4 is 77.7 Å². The summed E-state index contributed by atoms with van der Waals surface area (Å²) in [6.07, 6.45) is 4.95. The number of nitrogens with zero attached hydrogens (tertiary/aromatic N) is 3. The Morgan fingerprint density at radius 2 is 0.853 bits per heavy atom. The summed E-state index contributed by atoms with van der Waals surface area (Å²) in [6.45, 7) is 0. The average Bonchev–Trinajstić information content (AvgIpc) is 3.28. The van der Waals surface area contributed by atoms with Gasteiger partial charge in [0.15, 0.2) is 8.54 Å². The third-order valence-corrected chi connectivity index (χ3v) is 7.74. The van der Waals surface area contributed by atoms with E-state index >= 15 is 0 Å². The summed E-state index contributed by atoms with van der Waals surface area (Å²) in [7, 11) is -5.95. The van der Waals surface area contributed by atoms with Crippen LogP contribution in [0.4, 0.5) is 0 Å². The first-order chi connectivity index (χ1) is 16.1. The first-order valence-electron chi connectivity index (χ1n) is 9.83. The summed E-state index contributed by atoms with van der Waals surface area (Å²) in [6, 6.07) is 15.8. The van der Waals surface area contributed by atoms with Crippen molar-refractivity contribution in [1.29, 1.82) is 0 Å². The zero-order valence-electron chi connectivity index (χ0n) is 18.4. The van der Waals surface area contributed by atoms with Crippen LogP contribution in [0.3, 0.4) is 0 Å². The summed E-state index contributed by atoms with van der Waals surface area (Å²) < 4.78 is 49.5. The molecule has 0 unspecified atom stereocenters. The Kier molecular flexibility index (Phi) is 6.77. The van der Waals surface area contributed by atoms with E-state index in [1.54, 1.807) is 73.2 Å². The van der Waals surface area contributed by atoms with Crippen LogP contribution in [0, 0.1) is 0 Å². The van der Waals surface area contributed by atoms with Crippen LogP contribution in [0.5, 0.6) is 17.6 Å². The van der Waals surface area contributed by atoms with E-state index < -0.39 is 16.6 Å². The van der Waals surface area contributed by atoms with Gasteiger partial charge in [-0.2, -0.15) is 0 Å². The Hall–Kier alpha value is -1.50. The number of rotatable bonds is 0. The molecule has 0 fully saturated rings. The predicted molar refractivity (Wildman–Crippen MR) is 120 cm³/mol. The Labute approximate surface area is 232 Å². The van der Waals surface area contributed by atoms with Crippen molar-refractivity contribution < 1.29 is 56.2 Å². The number of aromatic nitrogens is 3. The van der Waals surface area contributed by atoms with Gasteiger partial charge in [-0.05, 0) is 0 Å². The minimum atomic E-state index is -5.95. The van der Waals surface area contributed by atoms with Gasteiger partial charge in [-0.15, -0.1) is 0 Å². The zero-order chi connectivity index (χ0) is 25.6. The van der Waals surface area contributed by atoms with E-state index in [0.717, 1.165) is 0 Å². The first-order valence-corrected chi connectivity index (χ1v) is 13.5. The molecule has 0 saturated heterocycles. The SMILES string of the molecule is [2H]C(Cl)(Cl)Cl.[2H]C(Cl)(Cl)Cl.[Cl-].c1cc[n+]2c(c1)O[Si-2]13(Oc4cccc[n+]4O1)(Oc1cccc[n+]1O3)O2. The van der Waals surface area contributed by atoms with Crippen molar-refractivity contribution in [2.75, 3.05) is 0 Å². The zero-order valence-corrected chi connectivity index (χ0v) is 22.7. The monoisotopic (exact) mass is 631 g/mol. The third kappa shape index (κ3) is 4.91. The van der Waals surface area contributed by atoms with Gasteiger partial charge in [-0.3, -0.25) is 0 Å². The second-order valence-electron chi connectivity index (χ2n) is 6.35. The number of fused-ring (bicyclic) bond motifs is 3. The number of hydrogen-bond acceptors (Lipinski definition) is 6. The van der Waals surface area contributed by atoms with Crippen LogP contribution >= 0.6 is 69.6 Å². The molecule has 6 rings (SSSR count). The van der Waals surface area contributed by atoms with Gasteiger partial charge < -0.3 is 12.4 Å². The van der Waals surface area contributed by atoms with Crippen LogP contribution < -0.4 is 53.5 Å². The van der Waals surface area contributed by atoms with E-state index in [0.29, 0.717) is 17.6 Å². The molecule has 3 aromatic heterocycles. The van der Waals surface area contributed by atoms with Crippen molar-refractivity contribution in [2.24, 2.45) is 0 Å². The Bertz CT molecular complexity index is 1040. The molecule has 3 aliphatic heterocycles. The molecule has 0 bridgehead atoms. The second-order valence-corrected chi connectivity index (χ2v) is 13.4. The summed E-state index contributed by atoms with van der Waals surface area (Å²) in [4.78, 5) is 0. The molecular formula is C17H14Cl7N3O6Si. The van der Waals surface area contributed by atoms with Crippen LogP contribution in [0.2, 0.25) is 0 Å². The molecule has 9 nitrogen and oxygen atoms in total. The first kappa shape index (κ1) is 24.2. The third-order valence-electron chi connectivity index (χ3n) is 4.16. The van der Waals surface area contributed by atoms with Crippen LogP contribution in [-0.4, -0.2) is 16.6 Å². The predicted octanol–water partition coefficient (Wildman–Crippen LogP) is -0.274. The van der Waals surface area contributed by atoms with Crippen molar-refractivity contribution in [3.05, 3.63) is 73.2 Å². The van der Waals surface area contributed by atoms with Crippen LogP contribution in [0.15, 0.2) is 73.2 Å². The Balaban J connectivity index is 0.000000284. The van der Waals surface area contributed by atoms with Gasteiger partial charge >= 0.3 is 140 Å². The van der Waals surface area contributed by atoms with E-state index in [9.17, 15) is 0 Å². The fourth-order valence-corrected chi connectivity index (χ4v) is 7.20. The van der Waals surface area contributed by atoms with E-state index in [1.807, 2.05) is 0 Å². The topological polar surface area (TPSA) is 67.0 Å². The quantitative estimate of drug-likeness (QED) is 0.193. The molecular weight excluding hydrogens is 618 g/mol. The summed E-state index contributed by atoms with van der Waals surface area (Å²) in [5.41, 5.74) is 0. The molecule has 0 N–H and O–H groups in total. The molecule has 3 aromatic rings. The molecule has 17 heteroatoms. The average molecular weight is 635 g/mol. The van der Waals surface area contributed by atoms with Crippen molar-refractivity contribution in [3.63, 3.8) is 0 Å². The van der Waals surface area contributed by atoms with Crippen molar-refractivity contribution in [3.8, 4) is 17.6 Å². The van der Waals surface area contributed by atoms with E-state index in [2.05, 4.69) is 0 Å². The summed E-state index contributed by atoms with van der Waals surface area (Å²) >= 11 is 28.4. The maximum atomic E-state index is 6.23. The molecule has 0 aliphatic carbocycles. The fourth-order valence-electron chi connectivity index (χ4n) is 3.22. The normalized spacial score (nSPS) is 20.9. The molecule has 0 radical (unpaired) electrons. The summed E-state index contributed by atoms with van der Waals surface area (Å²) in [5, 5.41) is 0. The molecule has 1 spiro atoms. The number of hydrogen-bond donors (Lipinski definition) is 0. The van der Waals surface area contributed by atoms with Gasteiger partial charge in [0, 0.05) is 0 Å². The second kappa shape index (κ2) is 9.51.